The molecule has 0 saturated carbocycles. The van der Waals surface area contributed by atoms with Gasteiger partial charge in [0.25, 0.3) is 0 Å². The molecule has 0 aromatic heterocycles. The highest BCUT2D eigenvalue weighted by Crippen LogP contribution is 2.42. The van der Waals surface area contributed by atoms with Crippen molar-refractivity contribution in [3.8, 4) is 11.1 Å². The Morgan fingerprint density at radius 2 is 1.14 bits per heavy atom. The van der Waals surface area contributed by atoms with Gasteiger partial charge >= 0.3 is 0 Å². The third-order valence-corrected chi connectivity index (χ3v) is 5.63. The van der Waals surface area contributed by atoms with Gasteiger partial charge < -0.3 is 5.11 Å². The average molecular weight is 362 g/mol. The Labute approximate surface area is 164 Å². The lowest BCUT2D eigenvalue weighted by molar-refractivity contribution is 0.0793. The third-order valence-electron chi connectivity index (χ3n) is 5.63. The molecule has 0 spiro atoms. The van der Waals surface area contributed by atoms with E-state index in [-0.39, 0.29) is 0 Å². The van der Waals surface area contributed by atoms with Crippen molar-refractivity contribution in [1.82, 2.24) is 0 Å². The molecule has 5 aromatic carbocycles. The number of rotatable bonds is 2. The fourth-order valence-electron chi connectivity index (χ4n) is 4.33. The summed E-state index contributed by atoms with van der Waals surface area (Å²) in [5.74, 6) is 0. The molecule has 1 nitrogen and oxygen atoms in total. The molecule has 0 atom stereocenters. The fraction of sp³-hybridized carbons (Fsp3) is 0.111. The van der Waals surface area contributed by atoms with E-state index in [1.165, 1.54) is 37.9 Å². The van der Waals surface area contributed by atoms with Crippen LogP contribution in [-0.4, -0.2) is 5.11 Å². The van der Waals surface area contributed by atoms with Crippen molar-refractivity contribution in [2.45, 2.75) is 19.4 Å². The molecule has 1 heteroatoms. The van der Waals surface area contributed by atoms with Gasteiger partial charge in [0.2, 0.25) is 0 Å². The first-order valence-corrected chi connectivity index (χ1v) is 9.69. The Morgan fingerprint density at radius 3 is 1.86 bits per heavy atom. The summed E-state index contributed by atoms with van der Waals surface area (Å²) in [6.07, 6.45) is 0. The molecule has 1 N–H and O–H groups in total. The number of aliphatic hydroxyl groups is 1. The van der Waals surface area contributed by atoms with Crippen molar-refractivity contribution < 1.29 is 5.11 Å². The summed E-state index contributed by atoms with van der Waals surface area (Å²) < 4.78 is 0. The van der Waals surface area contributed by atoms with Crippen LogP contribution in [0.1, 0.15) is 19.4 Å². The molecule has 0 unspecified atom stereocenters. The third kappa shape index (κ3) is 2.59. The van der Waals surface area contributed by atoms with Gasteiger partial charge in [-0.1, -0.05) is 84.9 Å². The molecule has 0 bridgehead atoms. The molecule has 0 fully saturated rings. The van der Waals surface area contributed by atoms with E-state index in [2.05, 4.69) is 91.0 Å². The lowest BCUT2D eigenvalue weighted by Gasteiger charge is -2.24. The molecular weight excluding hydrogens is 340 g/mol. The number of benzene rings is 5. The SMILES string of the molecule is CC(C)(O)c1ccc2ccccc2c1-c1cc2ccccc2c2ccccc12. The van der Waals surface area contributed by atoms with Crippen LogP contribution in [0.3, 0.4) is 0 Å². The van der Waals surface area contributed by atoms with E-state index in [4.69, 9.17) is 0 Å². The van der Waals surface area contributed by atoms with Crippen LogP contribution in [0.4, 0.5) is 0 Å². The second-order valence-electron chi connectivity index (χ2n) is 7.96. The Balaban J connectivity index is 2.02. The number of hydrogen-bond donors (Lipinski definition) is 1. The monoisotopic (exact) mass is 362 g/mol. The molecule has 0 radical (unpaired) electrons. The lowest BCUT2D eigenvalue weighted by Crippen LogP contribution is -2.17. The molecule has 0 amide bonds. The molecule has 28 heavy (non-hydrogen) atoms. The van der Waals surface area contributed by atoms with Crippen LogP contribution < -0.4 is 0 Å². The van der Waals surface area contributed by atoms with E-state index in [1.807, 2.05) is 13.8 Å². The van der Waals surface area contributed by atoms with Gasteiger partial charge in [-0.25, -0.2) is 0 Å². The molecule has 5 aromatic rings. The first-order valence-electron chi connectivity index (χ1n) is 9.69. The van der Waals surface area contributed by atoms with E-state index in [9.17, 15) is 5.11 Å². The Bertz CT molecular complexity index is 1340. The highest BCUT2D eigenvalue weighted by atomic mass is 16.3. The molecule has 0 heterocycles. The molecule has 0 aliphatic carbocycles. The van der Waals surface area contributed by atoms with Crippen molar-refractivity contribution in [2.75, 3.05) is 0 Å². The normalized spacial score (nSPS) is 12.1. The van der Waals surface area contributed by atoms with Crippen LogP contribution in [0, 0.1) is 0 Å². The largest absolute Gasteiger partial charge is 0.386 e. The predicted molar refractivity (Wildman–Crippen MR) is 120 cm³/mol. The van der Waals surface area contributed by atoms with E-state index >= 15 is 0 Å². The maximum Gasteiger partial charge on any atom is 0.0846 e. The maximum atomic E-state index is 11.0. The average Bonchev–Trinajstić information content (AvgIpc) is 2.71. The second-order valence-corrected chi connectivity index (χ2v) is 7.96. The maximum absolute atomic E-state index is 11.0. The van der Waals surface area contributed by atoms with Crippen molar-refractivity contribution in [1.29, 1.82) is 0 Å². The number of hydrogen-bond acceptors (Lipinski definition) is 1. The predicted octanol–water partition coefficient (Wildman–Crippen LogP) is 7.04. The van der Waals surface area contributed by atoms with Gasteiger partial charge in [-0.3, -0.25) is 0 Å². The van der Waals surface area contributed by atoms with Gasteiger partial charge in [-0.15, -0.1) is 0 Å². The standard InChI is InChI=1S/C27H22O/c1-27(2,28)25-16-15-18-9-3-6-12-21(18)26(25)24-17-19-10-4-5-11-20(19)22-13-7-8-14-23(22)24/h3-17,28H,1-2H3. The zero-order valence-electron chi connectivity index (χ0n) is 16.1. The zero-order valence-corrected chi connectivity index (χ0v) is 16.1. The smallest absolute Gasteiger partial charge is 0.0846 e. The van der Waals surface area contributed by atoms with Crippen LogP contribution in [-0.2, 0) is 5.60 Å². The first-order chi connectivity index (χ1) is 13.5. The van der Waals surface area contributed by atoms with E-state index < -0.39 is 5.60 Å². The minimum Gasteiger partial charge on any atom is -0.386 e. The Morgan fingerprint density at radius 1 is 0.571 bits per heavy atom. The van der Waals surface area contributed by atoms with Crippen molar-refractivity contribution in [3.63, 3.8) is 0 Å². The van der Waals surface area contributed by atoms with Crippen molar-refractivity contribution in [3.05, 3.63) is 96.6 Å². The van der Waals surface area contributed by atoms with Gasteiger partial charge in [-0.2, -0.15) is 0 Å². The summed E-state index contributed by atoms with van der Waals surface area (Å²) in [4.78, 5) is 0. The number of fused-ring (bicyclic) bond motifs is 4. The quantitative estimate of drug-likeness (QED) is 0.334. The minimum atomic E-state index is -0.938. The topological polar surface area (TPSA) is 20.2 Å². The highest BCUT2D eigenvalue weighted by Gasteiger charge is 2.23. The van der Waals surface area contributed by atoms with Crippen molar-refractivity contribution >= 4 is 32.3 Å². The molecule has 0 aliphatic rings. The summed E-state index contributed by atoms with van der Waals surface area (Å²) >= 11 is 0. The van der Waals surface area contributed by atoms with E-state index in [1.54, 1.807) is 0 Å². The summed E-state index contributed by atoms with van der Waals surface area (Å²) in [5.41, 5.74) is 2.30. The summed E-state index contributed by atoms with van der Waals surface area (Å²) in [7, 11) is 0. The molecule has 0 aliphatic heterocycles. The molecule has 0 saturated heterocycles. The highest BCUT2D eigenvalue weighted by molar-refractivity contribution is 6.16. The molecule has 5 rings (SSSR count). The van der Waals surface area contributed by atoms with Crippen LogP contribution >= 0.6 is 0 Å². The first kappa shape index (κ1) is 17.0. The molecule has 136 valence electrons. The van der Waals surface area contributed by atoms with Crippen molar-refractivity contribution in [2.24, 2.45) is 0 Å². The van der Waals surface area contributed by atoms with Gasteiger partial charge in [-0.05, 0) is 68.9 Å². The van der Waals surface area contributed by atoms with Gasteiger partial charge in [0.15, 0.2) is 0 Å². The molecular formula is C27H22O. The van der Waals surface area contributed by atoms with Crippen LogP contribution in [0.25, 0.3) is 43.4 Å². The summed E-state index contributed by atoms with van der Waals surface area (Å²) in [6.45, 7) is 3.73. The van der Waals surface area contributed by atoms with E-state index in [0.29, 0.717) is 0 Å². The fourth-order valence-corrected chi connectivity index (χ4v) is 4.33. The van der Waals surface area contributed by atoms with Gasteiger partial charge in [0.1, 0.15) is 0 Å². The van der Waals surface area contributed by atoms with Crippen LogP contribution in [0.15, 0.2) is 91.0 Å². The second kappa shape index (κ2) is 6.19. The zero-order chi connectivity index (χ0) is 19.3. The Kier molecular flexibility index (Phi) is 3.75. The summed E-state index contributed by atoms with van der Waals surface area (Å²) in [6, 6.07) is 32.0. The lowest BCUT2D eigenvalue weighted by atomic mass is 9.83. The van der Waals surface area contributed by atoms with E-state index in [0.717, 1.165) is 11.1 Å². The Hall–Kier alpha value is -3.16. The van der Waals surface area contributed by atoms with Crippen LogP contribution in [0.2, 0.25) is 0 Å². The van der Waals surface area contributed by atoms with Gasteiger partial charge in [0.05, 0.1) is 5.60 Å². The summed E-state index contributed by atoms with van der Waals surface area (Å²) in [5, 5.41) is 18.3. The van der Waals surface area contributed by atoms with Gasteiger partial charge in [0, 0.05) is 0 Å². The van der Waals surface area contributed by atoms with Crippen LogP contribution in [0.5, 0.6) is 0 Å². The minimum absolute atomic E-state index is 0.938.